The highest BCUT2D eigenvalue weighted by Crippen LogP contribution is 2.32. The average Bonchev–Trinajstić information content (AvgIpc) is 3.62. The Morgan fingerprint density at radius 2 is 1.74 bits per heavy atom. The minimum atomic E-state index is 0.0861. The second-order valence-electron chi connectivity index (χ2n) is 10.8. The van der Waals surface area contributed by atoms with Gasteiger partial charge in [-0.2, -0.15) is 5.10 Å². The van der Waals surface area contributed by atoms with Crippen LogP contribution < -0.4 is 10.2 Å². The van der Waals surface area contributed by atoms with E-state index in [0.29, 0.717) is 17.2 Å². The number of rotatable bonds is 5. The molecule has 7 rings (SSSR count). The largest absolute Gasteiger partial charge is 0.370 e. The van der Waals surface area contributed by atoms with Gasteiger partial charge in [0, 0.05) is 30.8 Å². The Kier molecular flexibility index (Phi) is 6.19. The fourth-order valence-corrected chi connectivity index (χ4v) is 6.00. The first kappa shape index (κ1) is 23.8. The number of pyridine rings is 2. The van der Waals surface area contributed by atoms with Crippen LogP contribution in [0.1, 0.15) is 51.4 Å². The molecule has 2 fully saturated rings. The molecular weight excluding hydrogens is 488 g/mol. The van der Waals surface area contributed by atoms with Gasteiger partial charge in [0.15, 0.2) is 11.5 Å². The van der Waals surface area contributed by atoms with Crippen molar-refractivity contribution in [3.63, 3.8) is 0 Å². The number of nitrogens with one attached hydrogen (secondary N) is 3. The maximum atomic E-state index is 12.8. The number of nitrogens with zero attached hydrogens (tertiary/aromatic N) is 5. The number of aromatic nitrogens is 6. The number of H-pyrrole nitrogens is 2. The molecule has 1 aliphatic heterocycles. The van der Waals surface area contributed by atoms with Crippen molar-refractivity contribution in [1.29, 1.82) is 0 Å². The van der Waals surface area contributed by atoms with Crippen molar-refractivity contribution >= 4 is 39.3 Å². The standard InChI is InChI=1S/C30H32N8O/c39-30(19-8-3-1-4-9-19)32-21-16-20(17-31-18-21)22-12-13-24-27(33-22)28(37-36-24)29-34-23-10-7-11-25(26(23)35-29)38-14-5-2-6-15-38/h7,10-13,16-19H,1-6,8-9,14-15H2,(H,32,39)(H,34,35)(H,36,37). The maximum absolute atomic E-state index is 12.8. The molecule has 1 aromatic carbocycles. The molecule has 9 nitrogen and oxygen atoms in total. The van der Waals surface area contributed by atoms with Crippen LogP contribution >= 0.6 is 0 Å². The molecule has 0 atom stereocenters. The monoisotopic (exact) mass is 520 g/mol. The van der Waals surface area contributed by atoms with Gasteiger partial charge in [-0.15, -0.1) is 0 Å². The molecule has 3 N–H and O–H groups in total. The van der Waals surface area contributed by atoms with E-state index in [0.717, 1.165) is 72.1 Å². The fraction of sp³-hybridized carbons (Fsp3) is 0.367. The van der Waals surface area contributed by atoms with Crippen LogP contribution in [-0.4, -0.2) is 49.1 Å². The highest BCUT2D eigenvalue weighted by molar-refractivity contribution is 5.95. The third-order valence-electron chi connectivity index (χ3n) is 8.10. The lowest BCUT2D eigenvalue weighted by molar-refractivity contribution is -0.120. The smallest absolute Gasteiger partial charge is 0.227 e. The summed E-state index contributed by atoms with van der Waals surface area (Å²) < 4.78 is 0. The Balaban J connectivity index is 1.20. The van der Waals surface area contributed by atoms with Gasteiger partial charge in [0.05, 0.1) is 34.3 Å². The topological polar surface area (TPSA) is 115 Å². The lowest BCUT2D eigenvalue weighted by Crippen LogP contribution is -2.29. The Morgan fingerprint density at radius 1 is 0.897 bits per heavy atom. The number of benzene rings is 1. The number of anilines is 2. The first-order valence-corrected chi connectivity index (χ1v) is 14.1. The quantitative estimate of drug-likeness (QED) is 0.259. The number of carbonyl (C=O) groups is 1. The van der Waals surface area contributed by atoms with E-state index >= 15 is 0 Å². The molecule has 0 bridgehead atoms. The summed E-state index contributed by atoms with van der Waals surface area (Å²) >= 11 is 0. The normalized spacial score (nSPS) is 16.7. The van der Waals surface area contributed by atoms with Crippen molar-refractivity contribution in [3.8, 4) is 22.8 Å². The molecule has 1 amide bonds. The number of para-hydroxylation sites is 1. The van der Waals surface area contributed by atoms with E-state index in [-0.39, 0.29) is 11.8 Å². The minimum absolute atomic E-state index is 0.0861. The third kappa shape index (κ3) is 4.62. The van der Waals surface area contributed by atoms with E-state index in [1.165, 1.54) is 31.4 Å². The molecule has 1 saturated carbocycles. The second-order valence-corrected chi connectivity index (χ2v) is 10.8. The summed E-state index contributed by atoms with van der Waals surface area (Å²) in [6, 6.07) is 12.2. The Hall–Kier alpha value is -4.27. The lowest BCUT2D eigenvalue weighted by atomic mass is 9.88. The zero-order chi connectivity index (χ0) is 26.2. The van der Waals surface area contributed by atoms with Crippen molar-refractivity contribution in [2.24, 2.45) is 5.92 Å². The van der Waals surface area contributed by atoms with Crippen LogP contribution in [0.4, 0.5) is 11.4 Å². The van der Waals surface area contributed by atoms with Gasteiger partial charge in [0.2, 0.25) is 5.91 Å². The van der Waals surface area contributed by atoms with Crippen molar-refractivity contribution in [3.05, 3.63) is 48.8 Å². The number of carbonyl (C=O) groups excluding carboxylic acids is 1. The molecular formula is C30H32N8O. The lowest BCUT2D eigenvalue weighted by Gasteiger charge is -2.28. The Bertz CT molecular complexity index is 1640. The first-order valence-electron chi connectivity index (χ1n) is 14.1. The van der Waals surface area contributed by atoms with Gasteiger partial charge in [-0.3, -0.25) is 14.9 Å². The molecule has 9 heteroatoms. The molecule has 5 aromatic rings. The molecule has 198 valence electrons. The summed E-state index contributed by atoms with van der Waals surface area (Å²) in [7, 11) is 0. The summed E-state index contributed by atoms with van der Waals surface area (Å²) in [5, 5.41) is 10.8. The Labute approximate surface area is 226 Å². The first-order chi connectivity index (χ1) is 19.2. The summed E-state index contributed by atoms with van der Waals surface area (Å²) in [6.07, 6.45) is 12.6. The Morgan fingerprint density at radius 3 is 2.62 bits per heavy atom. The average molecular weight is 521 g/mol. The SMILES string of the molecule is O=C(Nc1cncc(-c2ccc3[nH]nc(-c4nc5c(N6CCCCC6)cccc5[nH]4)c3n2)c1)C1CCCCC1. The number of imidazole rings is 1. The van der Waals surface area contributed by atoms with E-state index < -0.39 is 0 Å². The van der Waals surface area contributed by atoms with Gasteiger partial charge in [-0.1, -0.05) is 25.3 Å². The number of hydrogen-bond donors (Lipinski definition) is 3. The van der Waals surface area contributed by atoms with Crippen molar-refractivity contribution in [2.45, 2.75) is 51.4 Å². The van der Waals surface area contributed by atoms with Crippen LogP contribution in [0.3, 0.4) is 0 Å². The second kappa shape index (κ2) is 10.1. The fourth-order valence-electron chi connectivity index (χ4n) is 6.00. The zero-order valence-corrected chi connectivity index (χ0v) is 21.9. The van der Waals surface area contributed by atoms with Crippen LogP contribution in [-0.2, 0) is 4.79 Å². The molecule has 1 saturated heterocycles. The van der Waals surface area contributed by atoms with Gasteiger partial charge >= 0.3 is 0 Å². The van der Waals surface area contributed by atoms with E-state index in [9.17, 15) is 4.79 Å². The molecule has 1 aliphatic carbocycles. The summed E-state index contributed by atoms with van der Waals surface area (Å²) in [4.78, 5) is 33.0. The number of hydrogen-bond acceptors (Lipinski definition) is 6. The number of fused-ring (bicyclic) bond motifs is 2. The summed E-state index contributed by atoms with van der Waals surface area (Å²) in [5.74, 6) is 0.865. The predicted octanol–water partition coefficient (Wildman–Crippen LogP) is 6.07. The van der Waals surface area contributed by atoms with Gasteiger partial charge in [-0.25, -0.2) is 9.97 Å². The van der Waals surface area contributed by atoms with Crippen LogP contribution in [0, 0.1) is 5.92 Å². The van der Waals surface area contributed by atoms with Gasteiger partial charge in [-0.05, 0) is 62.4 Å². The van der Waals surface area contributed by atoms with Crippen LogP contribution in [0.25, 0.3) is 44.8 Å². The van der Waals surface area contributed by atoms with Crippen molar-refractivity contribution in [1.82, 2.24) is 30.1 Å². The molecule has 39 heavy (non-hydrogen) atoms. The van der Waals surface area contributed by atoms with E-state index in [4.69, 9.17) is 9.97 Å². The molecule has 0 unspecified atom stereocenters. The summed E-state index contributed by atoms with van der Waals surface area (Å²) in [5.41, 5.74) is 7.67. The highest BCUT2D eigenvalue weighted by Gasteiger charge is 2.22. The molecule has 0 spiro atoms. The van der Waals surface area contributed by atoms with Crippen molar-refractivity contribution in [2.75, 3.05) is 23.3 Å². The molecule has 2 aliphatic rings. The highest BCUT2D eigenvalue weighted by atomic mass is 16.1. The number of aromatic amines is 2. The van der Waals surface area contributed by atoms with E-state index in [2.05, 4.69) is 48.6 Å². The maximum Gasteiger partial charge on any atom is 0.227 e. The number of piperidine rings is 1. The van der Waals surface area contributed by atoms with Crippen LogP contribution in [0.5, 0.6) is 0 Å². The van der Waals surface area contributed by atoms with Crippen molar-refractivity contribution < 1.29 is 4.79 Å². The predicted molar refractivity (Wildman–Crippen MR) is 153 cm³/mol. The number of amides is 1. The molecule has 5 heterocycles. The minimum Gasteiger partial charge on any atom is -0.370 e. The van der Waals surface area contributed by atoms with E-state index in [1.807, 2.05) is 18.2 Å². The molecule has 4 aromatic heterocycles. The van der Waals surface area contributed by atoms with E-state index in [1.54, 1.807) is 12.4 Å². The van der Waals surface area contributed by atoms with Crippen LogP contribution in [0.15, 0.2) is 48.8 Å². The van der Waals surface area contributed by atoms with Gasteiger partial charge in [0.25, 0.3) is 0 Å². The van der Waals surface area contributed by atoms with Gasteiger partial charge < -0.3 is 15.2 Å². The van der Waals surface area contributed by atoms with Gasteiger partial charge in [0.1, 0.15) is 11.0 Å². The third-order valence-corrected chi connectivity index (χ3v) is 8.10. The zero-order valence-electron chi connectivity index (χ0n) is 21.9. The van der Waals surface area contributed by atoms with Crippen LogP contribution in [0.2, 0.25) is 0 Å². The molecule has 0 radical (unpaired) electrons. The summed E-state index contributed by atoms with van der Waals surface area (Å²) in [6.45, 7) is 2.12.